The van der Waals surface area contributed by atoms with Crippen LogP contribution >= 0.6 is 0 Å². The second-order valence-corrected chi connectivity index (χ2v) is 6.26. The number of para-hydroxylation sites is 1. The summed E-state index contributed by atoms with van der Waals surface area (Å²) in [5, 5.41) is 12.6. The van der Waals surface area contributed by atoms with Crippen LogP contribution in [0.25, 0.3) is 5.69 Å². The highest BCUT2D eigenvalue weighted by Gasteiger charge is 2.05. The van der Waals surface area contributed by atoms with Crippen LogP contribution in [0.3, 0.4) is 0 Å². The monoisotopic (exact) mass is 377 g/mol. The van der Waals surface area contributed by atoms with Gasteiger partial charge in [-0.1, -0.05) is 30.3 Å². The third kappa shape index (κ3) is 5.20. The first kappa shape index (κ1) is 19.2. The number of rotatable bonds is 7. The molecule has 3 N–H and O–H groups in total. The van der Waals surface area contributed by atoms with Crippen molar-refractivity contribution >= 4 is 11.9 Å². The van der Waals surface area contributed by atoms with Crippen molar-refractivity contribution < 1.29 is 9.59 Å². The second kappa shape index (κ2) is 9.36. The van der Waals surface area contributed by atoms with E-state index in [9.17, 15) is 9.59 Å². The smallest absolute Gasteiger partial charge is 0.315 e. The molecule has 1 aromatic heterocycles. The van der Waals surface area contributed by atoms with Crippen molar-refractivity contribution in [2.45, 2.75) is 13.0 Å². The highest BCUT2D eigenvalue weighted by Crippen LogP contribution is 2.08. The standard InChI is InChI=1S/C21H23N5O2/c1-22-20(27)18-9-7-16(8-10-18)13-24-21(28)23-12-11-17-14-25-26(15-17)19-5-3-2-4-6-19/h2-10,14-15H,11-13H2,1H3,(H,22,27)(H2,23,24,28). The van der Waals surface area contributed by atoms with E-state index in [-0.39, 0.29) is 11.9 Å². The van der Waals surface area contributed by atoms with Crippen LogP contribution in [0.15, 0.2) is 67.0 Å². The van der Waals surface area contributed by atoms with Gasteiger partial charge in [-0.3, -0.25) is 4.79 Å². The SMILES string of the molecule is CNC(=O)c1ccc(CNC(=O)NCCc2cnn(-c3ccccc3)c2)cc1. The summed E-state index contributed by atoms with van der Waals surface area (Å²) < 4.78 is 1.82. The molecule has 0 aliphatic rings. The van der Waals surface area contributed by atoms with Crippen molar-refractivity contribution in [3.8, 4) is 5.69 Å². The maximum Gasteiger partial charge on any atom is 0.315 e. The Balaban J connectivity index is 1.40. The highest BCUT2D eigenvalue weighted by atomic mass is 16.2. The zero-order valence-corrected chi connectivity index (χ0v) is 15.7. The van der Waals surface area contributed by atoms with E-state index < -0.39 is 0 Å². The Kier molecular flexibility index (Phi) is 6.41. The van der Waals surface area contributed by atoms with Gasteiger partial charge in [0.1, 0.15) is 0 Å². The molecule has 3 amide bonds. The fourth-order valence-corrected chi connectivity index (χ4v) is 2.69. The molecule has 1 heterocycles. The van der Waals surface area contributed by atoms with E-state index in [1.54, 1.807) is 25.4 Å². The molecule has 0 aliphatic carbocycles. The van der Waals surface area contributed by atoms with E-state index >= 15 is 0 Å². The largest absolute Gasteiger partial charge is 0.355 e. The topological polar surface area (TPSA) is 88.1 Å². The van der Waals surface area contributed by atoms with Gasteiger partial charge in [-0.15, -0.1) is 0 Å². The summed E-state index contributed by atoms with van der Waals surface area (Å²) in [5.41, 5.74) is 3.56. The summed E-state index contributed by atoms with van der Waals surface area (Å²) in [6.07, 6.45) is 4.46. The minimum atomic E-state index is -0.231. The van der Waals surface area contributed by atoms with E-state index in [4.69, 9.17) is 0 Å². The first-order valence-corrected chi connectivity index (χ1v) is 9.07. The molecule has 3 rings (SSSR count). The molecular weight excluding hydrogens is 354 g/mol. The summed E-state index contributed by atoms with van der Waals surface area (Å²) in [6, 6.07) is 16.8. The minimum absolute atomic E-state index is 0.132. The number of urea groups is 1. The lowest BCUT2D eigenvalue weighted by Gasteiger charge is -2.08. The molecule has 7 nitrogen and oxygen atoms in total. The van der Waals surface area contributed by atoms with E-state index in [1.807, 2.05) is 53.3 Å². The van der Waals surface area contributed by atoms with Crippen molar-refractivity contribution in [3.63, 3.8) is 0 Å². The van der Waals surface area contributed by atoms with E-state index in [0.717, 1.165) is 16.8 Å². The Hall–Kier alpha value is -3.61. The molecule has 0 radical (unpaired) electrons. The first-order chi connectivity index (χ1) is 13.7. The number of carbonyl (C=O) groups is 2. The number of amides is 3. The van der Waals surface area contributed by atoms with E-state index in [1.165, 1.54) is 0 Å². The van der Waals surface area contributed by atoms with Crippen LogP contribution in [0, 0.1) is 0 Å². The van der Waals surface area contributed by atoms with Crippen LogP contribution in [0.1, 0.15) is 21.5 Å². The van der Waals surface area contributed by atoms with Gasteiger partial charge in [-0.2, -0.15) is 5.10 Å². The van der Waals surface area contributed by atoms with E-state index in [0.29, 0.717) is 25.1 Å². The van der Waals surface area contributed by atoms with Gasteiger partial charge in [0.25, 0.3) is 5.91 Å². The predicted octanol–water partition coefficient (Wildman–Crippen LogP) is 2.27. The van der Waals surface area contributed by atoms with Crippen molar-refractivity contribution in [3.05, 3.63) is 83.7 Å². The van der Waals surface area contributed by atoms with E-state index in [2.05, 4.69) is 21.0 Å². The molecule has 3 aromatic rings. The lowest BCUT2D eigenvalue weighted by Crippen LogP contribution is -2.36. The van der Waals surface area contributed by atoms with Gasteiger partial charge >= 0.3 is 6.03 Å². The molecule has 28 heavy (non-hydrogen) atoms. The molecule has 0 fully saturated rings. The van der Waals surface area contributed by atoms with Gasteiger partial charge in [0.15, 0.2) is 0 Å². The zero-order chi connectivity index (χ0) is 19.8. The number of benzene rings is 2. The number of aromatic nitrogens is 2. The number of nitrogens with one attached hydrogen (secondary N) is 3. The predicted molar refractivity (Wildman–Crippen MR) is 107 cm³/mol. The second-order valence-electron chi connectivity index (χ2n) is 6.26. The molecular formula is C21H23N5O2. The first-order valence-electron chi connectivity index (χ1n) is 9.07. The minimum Gasteiger partial charge on any atom is -0.355 e. The third-order valence-electron chi connectivity index (χ3n) is 4.25. The van der Waals surface area contributed by atoms with Gasteiger partial charge in [0.2, 0.25) is 0 Å². The highest BCUT2D eigenvalue weighted by molar-refractivity contribution is 5.93. The summed E-state index contributed by atoms with van der Waals surface area (Å²) in [7, 11) is 1.59. The quantitative estimate of drug-likeness (QED) is 0.590. The third-order valence-corrected chi connectivity index (χ3v) is 4.25. The van der Waals surface area contributed by atoms with Crippen LogP contribution in [-0.4, -0.2) is 35.3 Å². The molecule has 0 saturated carbocycles. The summed E-state index contributed by atoms with van der Waals surface area (Å²) in [6.45, 7) is 0.910. The average Bonchev–Trinajstić information content (AvgIpc) is 3.21. The maximum atomic E-state index is 11.9. The molecule has 7 heteroatoms. The molecule has 0 unspecified atom stereocenters. The number of nitrogens with zero attached hydrogens (tertiary/aromatic N) is 2. The summed E-state index contributed by atoms with van der Waals surface area (Å²) in [5.74, 6) is -0.132. The Labute approximate surface area is 163 Å². The van der Waals surface area contributed by atoms with Crippen molar-refractivity contribution in [1.82, 2.24) is 25.7 Å². The van der Waals surface area contributed by atoms with Crippen LogP contribution in [0.4, 0.5) is 4.79 Å². The Morgan fingerprint density at radius 1 is 0.964 bits per heavy atom. The van der Waals surface area contributed by atoms with Crippen LogP contribution in [0.2, 0.25) is 0 Å². The average molecular weight is 377 g/mol. The van der Waals surface area contributed by atoms with Gasteiger partial charge in [0.05, 0.1) is 11.9 Å². The van der Waals surface area contributed by atoms with Crippen molar-refractivity contribution in [2.24, 2.45) is 0 Å². The van der Waals surface area contributed by atoms with Crippen molar-refractivity contribution in [1.29, 1.82) is 0 Å². The number of hydrogen-bond donors (Lipinski definition) is 3. The molecule has 0 spiro atoms. The lowest BCUT2D eigenvalue weighted by molar-refractivity contribution is 0.0963. The molecule has 0 atom stereocenters. The Morgan fingerprint density at radius 3 is 2.43 bits per heavy atom. The van der Waals surface area contributed by atoms with Gasteiger partial charge in [-0.05, 0) is 41.8 Å². The Morgan fingerprint density at radius 2 is 1.71 bits per heavy atom. The number of carbonyl (C=O) groups excluding carboxylic acids is 2. The van der Waals surface area contributed by atoms with Gasteiger partial charge in [-0.25, -0.2) is 9.48 Å². The maximum absolute atomic E-state index is 11.9. The number of hydrogen-bond acceptors (Lipinski definition) is 3. The molecule has 2 aromatic carbocycles. The fraction of sp³-hybridized carbons (Fsp3) is 0.190. The summed E-state index contributed by atoms with van der Waals surface area (Å²) >= 11 is 0. The van der Waals surface area contributed by atoms with Gasteiger partial charge < -0.3 is 16.0 Å². The van der Waals surface area contributed by atoms with Crippen LogP contribution in [0.5, 0.6) is 0 Å². The Bertz CT molecular complexity index is 919. The molecule has 0 aliphatic heterocycles. The zero-order valence-electron chi connectivity index (χ0n) is 15.7. The molecule has 0 saturated heterocycles. The molecule has 144 valence electrons. The van der Waals surface area contributed by atoms with Crippen LogP contribution in [-0.2, 0) is 13.0 Å². The normalized spacial score (nSPS) is 10.3. The lowest BCUT2D eigenvalue weighted by atomic mass is 10.1. The van der Waals surface area contributed by atoms with Crippen LogP contribution < -0.4 is 16.0 Å². The molecule has 0 bridgehead atoms. The fourth-order valence-electron chi connectivity index (χ4n) is 2.69. The van der Waals surface area contributed by atoms with Crippen molar-refractivity contribution in [2.75, 3.05) is 13.6 Å². The van der Waals surface area contributed by atoms with Gasteiger partial charge in [0, 0.05) is 31.9 Å². The summed E-state index contributed by atoms with van der Waals surface area (Å²) in [4.78, 5) is 23.5.